The van der Waals surface area contributed by atoms with Gasteiger partial charge in [0.2, 0.25) is 0 Å². The molecule has 5 nitrogen and oxygen atoms in total. The standard InChI is InChI=1S/C21H28N2O3/c1-4-23(5-2)14-13-22-21(24)19-12-11-17(15-20(19)25-3)16-26-18-9-7-6-8-10-18/h6-12,15H,4-5,13-14,16H2,1-3H3,(H,22,24). The molecule has 0 aliphatic heterocycles. The third kappa shape index (κ3) is 5.77. The molecule has 0 fully saturated rings. The van der Waals surface area contributed by atoms with Crippen molar-refractivity contribution in [3.05, 3.63) is 59.7 Å². The van der Waals surface area contributed by atoms with Crippen LogP contribution in [-0.2, 0) is 6.61 Å². The number of carbonyl (C=O) groups excluding carboxylic acids is 1. The van der Waals surface area contributed by atoms with E-state index in [4.69, 9.17) is 9.47 Å². The van der Waals surface area contributed by atoms with Crippen LogP contribution in [0.4, 0.5) is 0 Å². The first-order valence-electron chi connectivity index (χ1n) is 9.03. The Bertz CT molecular complexity index is 685. The third-order valence-corrected chi connectivity index (χ3v) is 4.27. The summed E-state index contributed by atoms with van der Waals surface area (Å²) in [5.41, 5.74) is 1.49. The van der Waals surface area contributed by atoms with Gasteiger partial charge in [-0.3, -0.25) is 4.79 Å². The van der Waals surface area contributed by atoms with Crippen LogP contribution < -0.4 is 14.8 Å². The van der Waals surface area contributed by atoms with Gasteiger partial charge in [-0.05, 0) is 42.9 Å². The van der Waals surface area contributed by atoms with Crippen LogP contribution in [0.1, 0.15) is 29.8 Å². The molecule has 140 valence electrons. The molecule has 0 spiro atoms. The van der Waals surface area contributed by atoms with E-state index >= 15 is 0 Å². The van der Waals surface area contributed by atoms with Crippen LogP contribution in [0.2, 0.25) is 0 Å². The largest absolute Gasteiger partial charge is 0.496 e. The predicted octanol–water partition coefficient (Wildman–Crippen LogP) is 3.35. The van der Waals surface area contributed by atoms with Gasteiger partial charge in [-0.1, -0.05) is 38.1 Å². The Morgan fingerprint density at radius 3 is 2.46 bits per heavy atom. The average molecular weight is 356 g/mol. The molecule has 2 aromatic rings. The minimum absolute atomic E-state index is 0.121. The summed E-state index contributed by atoms with van der Waals surface area (Å²) in [5, 5.41) is 2.96. The molecule has 2 rings (SSSR count). The molecule has 0 bridgehead atoms. The number of benzene rings is 2. The maximum atomic E-state index is 12.4. The van der Waals surface area contributed by atoms with E-state index in [0.717, 1.165) is 30.9 Å². The second kappa shape index (κ2) is 10.5. The third-order valence-electron chi connectivity index (χ3n) is 4.27. The molecule has 0 aromatic heterocycles. The van der Waals surface area contributed by atoms with E-state index in [1.807, 2.05) is 42.5 Å². The fraction of sp³-hybridized carbons (Fsp3) is 0.381. The molecule has 0 radical (unpaired) electrons. The maximum absolute atomic E-state index is 12.4. The van der Waals surface area contributed by atoms with Crippen molar-refractivity contribution in [2.24, 2.45) is 0 Å². The average Bonchev–Trinajstić information content (AvgIpc) is 2.70. The van der Waals surface area contributed by atoms with Gasteiger partial charge in [-0.2, -0.15) is 0 Å². The zero-order valence-electron chi connectivity index (χ0n) is 15.8. The predicted molar refractivity (Wildman–Crippen MR) is 104 cm³/mol. The van der Waals surface area contributed by atoms with Gasteiger partial charge in [0.1, 0.15) is 18.1 Å². The van der Waals surface area contributed by atoms with Gasteiger partial charge in [0, 0.05) is 13.1 Å². The van der Waals surface area contributed by atoms with Gasteiger partial charge in [0.15, 0.2) is 0 Å². The second-order valence-electron chi connectivity index (χ2n) is 5.92. The van der Waals surface area contributed by atoms with E-state index < -0.39 is 0 Å². The molecule has 0 saturated heterocycles. The van der Waals surface area contributed by atoms with Crippen LogP contribution in [0.5, 0.6) is 11.5 Å². The molecule has 0 heterocycles. The Morgan fingerprint density at radius 1 is 1.08 bits per heavy atom. The lowest BCUT2D eigenvalue weighted by molar-refractivity contribution is 0.0946. The lowest BCUT2D eigenvalue weighted by atomic mass is 10.1. The summed E-state index contributed by atoms with van der Waals surface area (Å²) >= 11 is 0. The molecule has 0 atom stereocenters. The monoisotopic (exact) mass is 356 g/mol. The summed E-state index contributed by atoms with van der Waals surface area (Å²) in [5.74, 6) is 1.24. The molecular weight excluding hydrogens is 328 g/mol. The van der Waals surface area contributed by atoms with Gasteiger partial charge in [0.05, 0.1) is 12.7 Å². The number of methoxy groups -OCH3 is 1. The summed E-state index contributed by atoms with van der Waals surface area (Å²) in [4.78, 5) is 14.7. The summed E-state index contributed by atoms with van der Waals surface area (Å²) in [6, 6.07) is 15.2. The number of ether oxygens (including phenoxy) is 2. The van der Waals surface area contributed by atoms with E-state index in [0.29, 0.717) is 24.5 Å². The first kappa shape index (κ1) is 19.8. The Morgan fingerprint density at radius 2 is 1.81 bits per heavy atom. The topological polar surface area (TPSA) is 50.8 Å². The number of hydrogen-bond donors (Lipinski definition) is 1. The van der Waals surface area contributed by atoms with Crippen LogP contribution in [0.25, 0.3) is 0 Å². The first-order chi connectivity index (χ1) is 12.7. The highest BCUT2D eigenvalue weighted by molar-refractivity contribution is 5.97. The Kier molecular flexibility index (Phi) is 7.96. The van der Waals surface area contributed by atoms with Gasteiger partial charge >= 0.3 is 0 Å². The van der Waals surface area contributed by atoms with E-state index in [9.17, 15) is 4.79 Å². The van der Waals surface area contributed by atoms with Gasteiger partial charge < -0.3 is 19.7 Å². The van der Waals surface area contributed by atoms with Crippen LogP contribution in [0.3, 0.4) is 0 Å². The lowest BCUT2D eigenvalue weighted by Gasteiger charge is -2.18. The highest BCUT2D eigenvalue weighted by atomic mass is 16.5. The second-order valence-corrected chi connectivity index (χ2v) is 5.92. The van der Waals surface area contributed by atoms with Crippen LogP contribution in [-0.4, -0.2) is 44.1 Å². The molecule has 26 heavy (non-hydrogen) atoms. The fourth-order valence-electron chi connectivity index (χ4n) is 2.66. The molecule has 1 amide bonds. The number of hydrogen-bond acceptors (Lipinski definition) is 4. The van der Waals surface area contributed by atoms with E-state index in [1.54, 1.807) is 13.2 Å². The van der Waals surface area contributed by atoms with Gasteiger partial charge in [-0.25, -0.2) is 0 Å². The van der Waals surface area contributed by atoms with Crippen molar-refractivity contribution in [1.29, 1.82) is 0 Å². The zero-order valence-corrected chi connectivity index (χ0v) is 15.8. The van der Waals surface area contributed by atoms with Crippen molar-refractivity contribution in [3.8, 4) is 11.5 Å². The first-order valence-corrected chi connectivity index (χ1v) is 9.03. The Labute approximate surface area is 155 Å². The number of amides is 1. The molecule has 0 unspecified atom stereocenters. The zero-order chi connectivity index (χ0) is 18.8. The van der Waals surface area contributed by atoms with Crippen molar-refractivity contribution in [2.45, 2.75) is 20.5 Å². The number of nitrogens with one attached hydrogen (secondary N) is 1. The summed E-state index contributed by atoms with van der Waals surface area (Å²) < 4.78 is 11.1. The van der Waals surface area contributed by atoms with Crippen LogP contribution >= 0.6 is 0 Å². The minimum atomic E-state index is -0.121. The van der Waals surface area contributed by atoms with E-state index in [1.165, 1.54) is 0 Å². The number of rotatable bonds is 10. The SMILES string of the molecule is CCN(CC)CCNC(=O)c1ccc(COc2ccccc2)cc1OC. The van der Waals surface area contributed by atoms with Crippen LogP contribution in [0.15, 0.2) is 48.5 Å². The van der Waals surface area contributed by atoms with E-state index in [2.05, 4.69) is 24.1 Å². The van der Waals surface area contributed by atoms with Crippen molar-refractivity contribution < 1.29 is 14.3 Å². The van der Waals surface area contributed by atoms with E-state index in [-0.39, 0.29) is 5.91 Å². The molecule has 5 heteroatoms. The molecule has 0 aliphatic carbocycles. The summed E-state index contributed by atoms with van der Waals surface area (Å²) in [6.07, 6.45) is 0. The Hall–Kier alpha value is -2.53. The number of likely N-dealkylation sites (N-methyl/N-ethyl adjacent to an activating group) is 1. The molecule has 0 aliphatic rings. The highest BCUT2D eigenvalue weighted by Gasteiger charge is 2.13. The van der Waals surface area contributed by atoms with Crippen molar-refractivity contribution in [2.75, 3.05) is 33.3 Å². The molecule has 1 N–H and O–H groups in total. The van der Waals surface area contributed by atoms with Gasteiger partial charge in [-0.15, -0.1) is 0 Å². The summed E-state index contributed by atoms with van der Waals surface area (Å²) in [7, 11) is 1.57. The number of nitrogens with zero attached hydrogens (tertiary/aromatic N) is 1. The van der Waals surface area contributed by atoms with Crippen molar-refractivity contribution >= 4 is 5.91 Å². The lowest BCUT2D eigenvalue weighted by Crippen LogP contribution is -2.34. The summed E-state index contributed by atoms with van der Waals surface area (Å²) in [6.45, 7) is 8.06. The smallest absolute Gasteiger partial charge is 0.255 e. The molecule has 2 aromatic carbocycles. The maximum Gasteiger partial charge on any atom is 0.255 e. The molecular formula is C21H28N2O3. The number of para-hydroxylation sites is 1. The fourth-order valence-corrected chi connectivity index (χ4v) is 2.66. The minimum Gasteiger partial charge on any atom is -0.496 e. The van der Waals surface area contributed by atoms with Gasteiger partial charge in [0.25, 0.3) is 5.91 Å². The quantitative estimate of drug-likeness (QED) is 0.709. The normalized spacial score (nSPS) is 10.6. The van der Waals surface area contributed by atoms with Crippen molar-refractivity contribution in [3.63, 3.8) is 0 Å². The highest BCUT2D eigenvalue weighted by Crippen LogP contribution is 2.21. The Balaban J connectivity index is 1.95. The van der Waals surface area contributed by atoms with Crippen molar-refractivity contribution in [1.82, 2.24) is 10.2 Å². The van der Waals surface area contributed by atoms with Crippen LogP contribution in [0, 0.1) is 0 Å². The number of carbonyl (C=O) groups is 1. The molecule has 0 saturated carbocycles.